The number of halogens is 1. The molecule has 2 aromatic rings. The van der Waals surface area contributed by atoms with E-state index in [1.165, 1.54) is 5.56 Å². The van der Waals surface area contributed by atoms with Crippen LogP contribution in [0.2, 0.25) is 5.02 Å². The van der Waals surface area contributed by atoms with Crippen molar-refractivity contribution in [3.05, 3.63) is 65.2 Å². The van der Waals surface area contributed by atoms with Crippen LogP contribution in [0.4, 0.5) is 5.69 Å². The van der Waals surface area contributed by atoms with Crippen LogP contribution in [0.15, 0.2) is 54.6 Å². The molecule has 0 aliphatic rings. The van der Waals surface area contributed by atoms with Crippen molar-refractivity contribution >= 4 is 23.2 Å². The Morgan fingerprint density at radius 2 is 1.67 bits per heavy atom. The summed E-state index contributed by atoms with van der Waals surface area (Å²) in [5, 5.41) is 5.61. The number of benzene rings is 2. The molecule has 110 valence electrons. The molecule has 0 unspecified atom stereocenters. The van der Waals surface area contributed by atoms with Crippen LogP contribution in [0.3, 0.4) is 0 Å². The highest BCUT2D eigenvalue weighted by atomic mass is 35.5. The van der Waals surface area contributed by atoms with Gasteiger partial charge in [0.1, 0.15) is 6.04 Å². The molecule has 0 aliphatic carbocycles. The summed E-state index contributed by atoms with van der Waals surface area (Å²) in [5.41, 5.74) is 1.97. The lowest BCUT2D eigenvalue weighted by Gasteiger charge is -2.16. The van der Waals surface area contributed by atoms with E-state index in [2.05, 4.69) is 29.7 Å². The van der Waals surface area contributed by atoms with Crippen molar-refractivity contribution in [2.45, 2.75) is 25.9 Å². The van der Waals surface area contributed by atoms with E-state index in [0.717, 1.165) is 5.69 Å². The summed E-state index contributed by atoms with van der Waals surface area (Å²) in [6.45, 7) is 4.01. The molecule has 0 saturated heterocycles. The lowest BCUT2D eigenvalue weighted by Crippen LogP contribution is -2.91. The second-order valence-corrected chi connectivity index (χ2v) is 5.61. The number of rotatable bonds is 5. The molecule has 2 aromatic carbocycles. The Labute approximate surface area is 130 Å². The molecule has 0 radical (unpaired) electrons. The van der Waals surface area contributed by atoms with Gasteiger partial charge in [-0.05, 0) is 38.1 Å². The zero-order valence-electron chi connectivity index (χ0n) is 12.2. The first-order chi connectivity index (χ1) is 10.1. The molecule has 0 spiro atoms. The summed E-state index contributed by atoms with van der Waals surface area (Å²) in [6, 6.07) is 17.4. The molecule has 21 heavy (non-hydrogen) atoms. The van der Waals surface area contributed by atoms with Crippen molar-refractivity contribution in [2.75, 3.05) is 5.32 Å². The van der Waals surface area contributed by atoms with Crippen LogP contribution in [0.25, 0.3) is 0 Å². The Hall–Kier alpha value is -1.84. The number of amides is 1. The fourth-order valence-electron chi connectivity index (χ4n) is 2.18. The van der Waals surface area contributed by atoms with E-state index >= 15 is 0 Å². The van der Waals surface area contributed by atoms with E-state index < -0.39 is 0 Å². The van der Waals surface area contributed by atoms with Crippen LogP contribution in [-0.2, 0) is 4.79 Å². The number of anilines is 1. The number of hydrogen-bond donors (Lipinski definition) is 2. The fourth-order valence-corrected chi connectivity index (χ4v) is 2.30. The summed E-state index contributed by atoms with van der Waals surface area (Å²) < 4.78 is 0. The molecule has 3 N–H and O–H groups in total. The smallest absolute Gasteiger partial charge is 0.282 e. The summed E-state index contributed by atoms with van der Waals surface area (Å²) in [4.78, 5) is 12.2. The van der Waals surface area contributed by atoms with E-state index in [4.69, 9.17) is 11.6 Å². The summed E-state index contributed by atoms with van der Waals surface area (Å²) in [6.07, 6.45) is 0. The molecule has 0 heterocycles. The first kappa shape index (κ1) is 15.5. The third kappa shape index (κ3) is 4.59. The number of carbonyl (C=O) groups is 1. The average Bonchev–Trinajstić information content (AvgIpc) is 2.50. The van der Waals surface area contributed by atoms with E-state index in [1.54, 1.807) is 24.3 Å². The first-order valence-corrected chi connectivity index (χ1v) is 7.40. The van der Waals surface area contributed by atoms with Gasteiger partial charge in [0.25, 0.3) is 5.91 Å². The van der Waals surface area contributed by atoms with Crippen LogP contribution < -0.4 is 10.6 Å². The van der Waals surface area contributed by atoms with Crippen molar-refractivity contribution in [1.82, 2.24) is 0 Å². The van der Waals surface area contributed by atoms with Gasteiger partial charge in [-0.15, -0.1) is 0 Å². The maximum atomic E-state index is 12.2. The number of hydrogen-bond acceptors (Lipinski definition) is 1. The van der Waals surface area contributed by atoms with E-state index in [1.807, 2.05) is 25.1 Å². The monoisotopic (exact) mass is 303 g/mol. The second kappa shape index (κ2) is 7.25. The highest BCUT2D eigenvalue weighted by molar-refractivity contribution is 6.30. The standard InChI is InChI=1S/C17H19ClN2O/c1-12(14-6-4-3-5-7-14)19-13(2)17(21)20-16-10-8-15(18)9-11-16/h3-13,19H,1-2H3,(H,20,21)/p+1/t12-,13+/m1/s1. The number of carbonyl (C=O) groups excluding carboxylic acids is 1. The first-order valence-electron chi connectivity index (χ1n) is 7.02. The van der Waals surface area contributed by atoms with E-state index in [9.17, 15) is 4.79 Å². The maximum absolute atomic E-state index is 12.2. The maximum Gasteiger partial charge on any atom is 0.282 e. The molecular weight excluding hydrogens is 284 g/mol. The number of nitrogens with two attached hydrogens (primary N) is 1. The lowest BCUT2D eigenvalue weighted by molar-refractivity contribution is -0.709. The van der Waals surface area contributed by atoms with Gasteiger partial charge >= 0.3 is 0 Å². The Morgan fingerprint density at radius 1 is 1.05 bits per heavy atom. The highest BCUT2D eigenvalue weighted by Crippen LogP contribution is 2.13. The van der Waals surface area contributed by atoms with Crippen LogP contribution in [0, 0.1) is 0 Å². The minimum atomic E-state index is -0.170. The molecule has 0 fully saturated rings. The third-order valence-corrected chi connectivity index (χ3v) is 3.68. The summed E-state index contributed by atoms with van der Waals surface area (Å²) >= 11 is 5.83. The van der Waals surface area contributed by atoms with Crippen molar-refractivity contribution in [3.63, 3.8) is 0 Å². The van der Waals surface area contributed by atoms with Crippen molar-refractivity contribution < 1.29 is 10.1 Å². The van der Waals surface area contributed by atoms with Gasteiger partial charge in [0.15, 0.2) is 6.04 Å². The van der Waals surface area contributed by atoms with Crippen molar-refractivity contribution in [2.24, 2.45) is 0 Å². The molecule has 0 aliphatic heterocycles. The summed E-state index contributed by atoms with van der Waals surface area (Å²) in [5.74, 6) is -0.0138. The normalized spacial score (nSPS) is 13.5. The quantitative estimate of drug-likeness (QED) is 0.876. The zero-order chi connectivity index (χ0) is 15.2. The number of nitrogens with one attached hydrogen (secondary N) is 1. The fraction of sp³-hybridized carbons (Fsp3) is 0.235. The molecule has 1 amide bonds. The molecule has 4 heteroatoms. The molecule has 0 bridgehead atoms. The van der Waals surface area contributed by atoms with Crippen LogP contribution in [0.1, 0.15) is 25.5 Å². The average molecular weight is 304 g/mol. The molecule has 2 rings (SSSR count). The van der Waals surface area contributed by atoms with E-state index in [-0.39, 0.29) is 18.0 Å². The van der Waals surface area contributed by atoms with Gasteiger partial charge in [0.2, 0.25) is 0 Å². The predicted octanol–water partition coefficient (Wildman–Crippen LogP) is 2.99. The molecule has 2 atom stereocenters. The zero-order valence-corrected chi connectivity index (χ0v) is 13.0. The third-order valence-electron chi connectivity index (χ3n) is 3.43. The summed E-state index contributed by atoms with van der Waals surface area (Å²) in [7, 11) is 0. The Bertz CT molecular complexity index is 583. The largest absolute Gasteiger partial charge is 0.330 e. The van der Waals surface area contributed by atoms with Crippen LogP contribution in [-0.4, -0.2) is 11.9 Å². The van der Waals surface area contributed by atoms with Gasteiger partial charge in [-0.25, -0.2) is 0 Å². The van der Waals surface area contributed by atoms with Gasteiger partial charge in [-0.1, -0.05) is 41.9 Å². The topological polar surface area (TPSA) is 45.7 Å². The Kier molecular flexibility index (Phi) is 5.37. The van der Waals surface area contributed by atoms with Gasteiger partial charge in [0.05, 0.1) is 0 Å². The predicted molar refractivity (Wildman–Crippen MR) is 86.3 cm³/mol. The van der Waals surface area contributed by atoms with Gasteiger partial charge in [-0.2, -0.15) is 0 Å². The number of quaternary nitrogens is 1. The SMILES string of the molecule is C[C@H]([NH2+][C@H](C)c1ccccc1)C(=O)Nc1ccc(Cl)cc1. The van der Waals surface area contributed by atoms with Crippen molar-refractivity contribution in [1.29, 1.82) is 0 Å². The van der Waals surface area contributed by atoms with Crippen LogP contribution in [0.5, 0.6) is 0 Å². The lowest BCUT2D eigenvalue weighted by atomic mass is 10.1. The molecule has 0 aromatic heterocycles. The molecule has 0 saturated carbocycles. The molecule has 3 nitrogen and oxygen atoms in total. The van der Waals surface area contributed by atoms with Crippen LogP contribution >= 0.6 is 11.6 Å². The van der Waals surface area contributed by atoms with Crippen molar-refractivity contribution in [3.8, 4) is 0 Å². The minimum absolute atomic E-state index is 0.0138. The molecular formula is C17H20ClN2O+. The van der Waals surface area contributed by atoms with Gasteiger partial charge in [-0.3, -0.25) is 4.79 Å². The minimum Gasteiger partial charge on any atom is -0.330 e. The second-order valence-electron chi connectivity index (χ2n) is 5.18. The highest BCUT2D eigenvalue weighted by Gasteiger charge is 2.20. The Morgan fingerprint density at radius 3 is 2.29 bits per heavy atom. The van der Waals surface area contributed by atoms with Gasteiger partial charge < -0.3 is 10.6 Å². The van der Waals surface area contributed by atoms with E-state index in [0.29, 0.717) is 5.02 Å². The Balaban J connectivity index is 1.92. The van der Waals surface area contributed by atoms with Gasteiger partial charge in [0, 0.05) is 16.3 Å².